The fraction of sp³-hybridized carbons (Fsp3) is 0.667. The molecular weight excluding hydrogens is 168 g/mol. The number of amides is 1. The molecule has 64 valence electrons. The lowest BCUT2D eigenvalue weighted by atomic mass is 10.5. The average molecular weight is 179 g/mol. The Kier molecular flexibility index (Phi) is 5.56. The molecule has 0 saturated heterocycles. The van der Waals surface area contributed by atoms with E-state index in [9.17, 15) is 4.79 Å². The van der Waals surface area contributed by atoms with Crippen LogP contribution in [0.4, 0.5) is 4.79 Å². The molecule has 0 aromatic carbocycles. The lowest BCUT2D eigenvalue weighted by Gasteiger charge is -2.05. The number of hydrogen-bond acceptors (Lipinski definition) is 3. The zero-order valence-corrected chi connectivity index (χ0v) is 7.26. The molecule has 0 heterocycles. The molecule has 0 rings (SSSR count). The number of hydrogen-bond donors (Lipinski definition) is 1. The molecule has 0 radical (unpaired) electrons. The van der Waals surface area contributed by atoms with Gasteiger partial charge in [-0.25, -0.2) is 10.2 Å². The Morgan fingerprint density at radius 2 is 2.45 bits per heavy atom. The van der Waals surface area contributed by atoms with Crippen molar-refractivity contribution >= 4 is 23.9 Å². The maximum atomic E-state index is 10.6. The van der Waals surface area contributed by atoms with Gasteiger partial charge in [0.25, 0.3) is 0 Å². The fourth-order valence-electron chi connectivity index (χ4n) is 0.373. The van der Waals surface area contributed by atoms with Crippen molar-refractivity contribution in [1.29, 1.82) is 0 Å². The quantitative estimate of drug-likeness (QED) is 0.403. The molecule has 0 aromatic heterocycles. The van der Waals surface area contributed by atoms with Gasteiger partial charge in [0.1, 0.15) is 0 Å². The predicted molar refractivity (Wildman–Crippen MR) is 44.0 cm³/mol. The summed E-state index contributed by atoms with van der Waals surface area (Å²) in [5.74, 6) is 0.266. The second kappa shape index (κ2) is 5.97. The molecular formula is C6H11ClN2O2. The highest BCUT2D eigenvalue weighted by molar-refractivity contribution is 6.24. The van der Waals surface area contributed by atoms with Gasteiger partial charge in [-0.1, -0.05) is 0 Å². The van der Waals surface area contributed by atoms with Crippen LogP contribution in [0.2, 0.25) is 0 Å². The number of halogens is 1. The molecule has 0 aliphatic heterocycles. The van der Waals surface area contributed by atoms with Crippen LogP contribution in [-0.4, -0.2) is 24.3 Å². The van der Waals surface area contributed by atoms with Crippen molar-refractivity contribution in [3.05, 3.63) is 0 Å². The van der Waals surface area contributed by atoms with Gasteiger partial charge in [0.15, 0.2) is 0 Å². The van der Waals surface area contributed by atoms with Gasteiger partial charge in [-0.2, -0.15) is 5.10 Å². The molecule has 11 heavy (non-hydrogen) atoms. The molecule has 0 bridgehead atoms. The monoisotopic (exact) mass is 178 g/mol. The van der Waals surface area contributed by atoms with Gasteiger partial charge in [-0.05, 0) is 13.8 Å². The van der Waals surface area contributed by atoms with Crippen LogP contribution in [0.5, 0.6) is 0 Å². The third-order valence-electron chi connectivity index (χ3n) is 0.659. The van der Waals surface area contributed by atoms with Gasteiger partial charge >= 0.3 is 6.09 Å². The Hall–Kier alpha value is -0.770. The van der Waals surface area contributed by atoms with E-state index in [0.29, 0.717) is 0 Å². The molecule has 4 nitrogen and oxygen atoms in total. The SMILES string of the molecule is CC(C)OC(=O)NN=CCCl. The Balaban J connectivity index is 3.45. The number of carbonyl (C=O) groups excluding carboxylic acids is 1. The highest BCUT2D eigenvalue weighted by Gasteiger charge is 2.00. The number of nitrogens with zero attached hydrogens (tertiary/aromatic N) is 1. The van der Waals surface area contributed by atoms with Crippen LogP contribution in [0, 0.1) is 0 Å². The summed E-state index contributed by atoms with van der Waals surface area (Å²) < 4.78 is 4.69. The maximum Gasteiger partial charge on any atom is 0.427 e. The molecule has 0 saturated carbocycles. The van der Waals surface area contributed by atoms with E-state index >= 15 is 0 Å². The number of rotatable bonds is 3. The first-order valence-electron chi connectivity index (χ1n) is 3.21. The fourth-order valence-corrected chi connectivity index (χ4v) is 0.442. The zero-order chi connectivity index (χ0) is 8.69. The molecule has 0 aliphatic carbocycles. The van der Waals surface area contributed by atoms with E-state index in [1.165, 1.54) is 6.21 Å². The molecule has 0 unspecified atom stereocenters. The van der Waals surface area contributed by atoms with E-state index < -0.39 is 6.09 Å². The van der Waals surface area contributed by atoms with Gasteiger partial charge in [-0.15, -0.1) is 11.6 Å². The predicted octanol–water partition coefficient (Wildman–Crippen LogP) is 1.35. The van der Waals surface area contributed by atoms with Gasteiger partial charge in [0, 0.05) is 6.21 Å². The number of ether oxygens (including phenoxy) is 1. The molecule has 1 N–H and O–H groups in total. The zero-order valence-electron chi connectivity index (χ0n) is 6.50. The van der Waals surface area contributed by atoms with Crippen molar-refractivity contribution in [2.24, 2.45) is 5.10 Å². The van der Waals surface area contributed by atoms with Gasteiger partial charge in [0.05, 0.1) is 12.0 Å². The summed E-state index contributed by atoms with van der Waals surface area (Å²) in [6, 6.07) is 0. The largest absolute Gasteiger partial charge is 0.446 e. The van der Waals surface area contributed by atoms with Crippen molar-refractivity contribution in [2.45, 2.75) is 20.0 Å². The van der Waals surface area contributed by atoms with Crippen LogP contribution >= 0.6 is 11.6 Å². The maximum absolute atomic E-state index is 10.6. The molecule has 0 atom stereocenters. The lowest BCUT2D eigenvalue weighted by Crippen LogP contribution is -2.22. The second-order valence-electron chi connectivity index (χ2n) is 2.03. The third-order valence-corrected chi connectivity index (χ3v) is 0.797. The third kappa shape index (κ3) is 7.12. The summed E-state index contributed by atoms with van der Waals surface area (Å²) in [6.07, 6.45) is 0.658. The van der Waals surface area contributed by atoms with E-state index in [0.717, 1.165) is 0 Å². The molecule has 0 fully saturated rings. The Morgan fingerprint density at radius 3 is 2.91 bits per heavy atom. The molecule has 1 amide bonds. The van der Waals surface area contributed by atoms with Crippen molar-refractivity contribution in [2.75, 3.05) is 5.88 Å². The first-order chi connectivity index (χ1) is 5.16. The summed E-state index contributed by atoms with van der Waals surface area (Å²) in [6.45, 7) is 3.51. The van der Waals surface area contributed by atoms with E-state index in [4.69, 9.17) is 11.6 Å². The topological polar surface area (TPSA) is 50.7 Å². The molecule has 0 aliphatic rings. The molecule has 0 aromatic rings. The van der Waals surface area contributed by atoms with E-state index in [1.807, 2.05) is 0 Å². The van der Waals surface area contributed by atoms with Crippen LogP contribution < -0.4 is 5.43 Å². The second-order valence-corrected chi connectivity index (χ2v) is 2.34. The van der Waals surface area contributed by atoms with E-state index in [2.05, 4.69) is 15.3 Å². The number of hydrazone groups is 1. The van der Waals surface area contributed by atoms with Crippen molar-refractivity contribution in [3.8, 4) is 0 Å². The Labute approximate surface area is 70.6 Å². The van der Waals surface area contributed by atoms with Crippen molar-refractivity contribution in [1.82, 2.24) is 5.43 Å². The average Bonchev–Trinajstić information content (AvgIpc) is 1.86. The number of nitrogens with one attached hydrogen (secondary N) is 1. The van der Waals surface area contributed by atoms with Crippen molar-refractivity contribution < 1.29 is 9.53 Å². The minimum absolute atomic E-state index is 0.138. The highest BCUT2D eigenvalue weighted by atomic mass is 35.5. The number of alkyl halides is 1. The summed E-state index contributed by atoms with van der Waals surface area (Å²) in [5, 5.41) is 3.46. The van der Waals surface area contributed by atoms with Crippen molar-refractivity contribution in [3.63, 3.8) is 0 Å². The van der Waals surface area contributed by atoms with Crippen LogP contribution in [0.1, 0.15) is 13.8 Å². The molecule has 0 spiro atoms. The van der Waals surface area contributed by atoms with Crippen LogP contribution in [-0.2, 0) is 4.74 Å². The van der Waals surface area contributed by atoms with Gasteiger partial charge < -0.3 is 4.74 Å². The Morgan fingerprint density at radius 1 is 1.82 bits per heavy atom. The highest BCUT2D eigenvalue weighted by Crippen LogP contribution is 1.87. The smallest absolute Gasteiger partial charge is 0.427 e. The van der Waals surface area contributed by atoms with E-state index in [1.54, 1.807) is 13.8 Å². The first kappa shape index (κ1) is 10.2. The standard InChI is InChI=1S/C6H11ClN2O2/c1-5(2)11-6(10)9-8-4-3-7/h4-5H,3H2,1-2H3,(H,9,10). The minimum atomic E-state index is -0.568. The first-order valence-corrected chi connectivity index (χ1v) is 3.74. The molecule has 5 heteroatoms. The summed E-state index contributed by atoms with van der Waals surface area (Å²) in [5.41, 5.74) is 2.14. The normalized spacial score (nSPS) is 10.5. The van der Waals surface area contributed by atoms with Crippen LogP contribution in [0.3, 0.4) is 0 Å². The van der Waals surface area contributed by atoms with Gasteiger partial charge in [-0.3, -0.25) is 0 Å². The van der Waals surface area contributed by atoms with Crippen LogP contribution in [0.15, 0.2) is 5.10 Å². The lowest BCUT2D eigenvalue weighted by molar-refractivity contribution is 0.116. The van der Waals surface area contributed by atoms with Gasteiger partial charge in [0.2, 0.25) is 0 Å². The minimum Gasteiger partial charge on any atom is -0.446 e. The van der Waals surface area contributed by atoms with Crippen LogP contribution in [0.25, 0.3) is 0 Å². The Bertz CT molecular complexity index is 148. The summed E-state index contributed by atoms with van der Waals surface area (Å²) in [4.78, 5) is 10.6. The summed E-state index contributed by atoms with van der Waals surface area (Å²) >= 11 is 5.25. The number of carbonyl (C=O) groups is 1. The van der Waals surface area contributed by atoms with E-state index in [-0.39, 0.29) is 12.0 Å². The summed E-state index contributed by atoms with van der Waals surface area (Å²) in [7, 11) is 0.